The molecule has 2 rings (SSSR count). The Morgan fingerprint density at radius 1 is 1.14 bits per heavy atom. The molecule has 2 aliphatic rings. The van der Waals surface area contributed by atoms with E-state index in [2.05, 4.69) is 31.0 Å². The molecule has 0 bridgehead atoms. The zero-order chi connectivity index (χ0) is 15.3. The van der Waals surface area contributed by atoms with E-state index in [0.29, 0.717) is 0 Å². The molecule has 0 N–H and O–H groups in total. The minimum atomic E-state index is 0.102. The molecule has 110 valence electrons. The van der Waals surface area contributed by atoms with Crippen LogP contribution in [0.3, 0.4) is 0 Å². The molecule has 1 aliphatic carbocycles. The van der Waals surface area contributed by atoms with E-state index in [1.54, 1.807) is 0 Å². The number of piperidine rings is 1. The lowest BCUT2D eigenvalue weighted by molar-refractivity contribution is 0.308. The monoisotopic (exact) mass is 281 g/mol. The lowest BCUT2D eigenvalue weighted by Crippen LogP contribution is -2.24. The molecule has 0 spiro atoms. The van der Waals surface area contributed by atoms with Gasteiger partial charge in [0.05, 0.1) is 0 Å². The average molecular weight is 281 g/mol. The van der Waals surface area contributed by atoms with Crippen LogP contribution >= 0.6 is 0 Å². The van der Waals surface area contributed by atoms with E-state index in [0.717, 1.165) is 31.5 Å². The molecule has 0 unspecified atom stereocenters. The van der Waals surface area contributed by atoms with Crippen molar-refractivity contribution in [3.05, 3.63) is 35.1 Å². The molecule has 0 aromatic heterocycles. The quantitative estimate of drug-likeness (QED) is 0.717. The molecule has 21 heavy (non-hydrogen) atoms. The minimum absolute atomic E-state index is 0.102. The van der Waals surface area contributed by atoms with Gasteiger partial charge in [-0.05, 0) is 60.9 Å². The smallest absolute Gasteiger partial charge is 0.132 e. The molecule has 3 heteroatoms. The van der Waals surface area contributed by atoms with Crippen LogP contribution in [0.5, 0.6) is 0 Å². The van der Waals surface area contributed by atoms with Crippen LogP contribution in [-0.4, -0.2) is 18.0 Å². The third-order valence-electron chi connectivity index (χ3n) is 4.15. The standard InChI is InChI=1S/C18H23N3/c1-18(2)11-15(6-9-21-7-4-3-5-8-21)10-16(12-18)17(13-19)14-20/h6,9-10H,3-5,7-8,11-12H2,1-2H3. The first-order valence-electron chi connectivity index (χ1n) is 7.70. The number of nitrogens with zero attached hydrogens (tertiary/aromatic N) is 3. The van der Waals surface area contributed by atoms with E-state index >= 15 is 0 Å². The normalized spacial score (nSPS) is 21.6. The van der Waals surface area contributed by atoms with Crippen LogP contribution in [0.4, 0.5) is 0 Å². The van der Waals surface area contributed by atoms with Crippen molar-refractivity contribution in [2.24, 2.45) is 5.41 Å². The fourth-order valence-corrected chi connectivity index (χ4v) is 3.16. The Hall–Kier alpha value is -2.00. The molecule has 1 heterocycles. The van der Waals surface area contributed by atoms with E-state index in [9.17, 15) is 0 Å². The van der Waals surface area contributed by atoms with Crippen molar-refractivity contribution in [3.8, 4) is 12.1 Å². The van der Waals surface area contributed by atoms with E-state index in [1.807, 2.05) is 18.2 Å². The highest BCUT2D eigenvalue weighted by Crippen LogP contribution is 2.39. The van der Waals surface area contributed by atoms with Crippen molar-refractivity contribution in [1.29, 1.82) is 10.5 Å². The van der Waals surface area contributed by atoms with Gasteiger partial charge in [0.25, 0.3) is 0 Å². The molecule has 0 atom stereocenters. The Morgan fingerprint density at radius 2 is 1.81 bits per heavy atom. The summed E-state index contributed by atoms with van der Waals surface area (Å²) in [6, 6.07) is 4.05. The number of hydrogen-bond acceptors (Lipinski definition) is 3. The van der Waals surface area contributed by atoms with Crippen LogP contribution in [-0.2, 0) is 0 Å². The van der Waals surface area contributed by atoms with Gasteiger partial charge >= 0.3 is 0 Å². The molecule has 0 radical (unpaired) electrons. The van der Waals surface area contributed by atoms with Gasteiger partial charge in [-0.1, -0.05) is 19.9 Å². The van der Waals surface area contributed by atoms with Crippen LogP contribution in [0, 0.1) is 28.1 Å². The molecule has 1 saturated heterocycles. The molecule has 1 aliphatic heterocycles. The summed E-state index contributed by atoms with van der Waals surface area (Å²) >= 11 is 0. The van der Waals surface area contributed by atoms with Gasteiger partial charge in [-0.15, -0.1) is 0 Å². The zero-order valence-electron chi connectivity index (χ0n) is 13.0. The average Bonchev–Trinajstić information content (AvgIpc) is 2.46. The molecule has 0 aromatic rings. The molecular weight excluding hydrogens is 258 g/mol. The minimum Gasteiger partial charge on any atom is -0.377 e. The van der Waals surface area contributed by atoms with Crippen LogP contribution in [0.1, 0.15) is 46.0 Å². The Balaban J connectivity index is 2.21. The van der Waals surface area contributed by atoms with Crippen molar-refractivity contribution in [1.82, 2.24) is 4.90 Å². The molecule has 0 saturated carbocycles. The largest absolute Gasteiger partial charge is 0.377 e. The summed E-state index contributed by atoms with van der Waals surface area (Å²) in [7, 11) is 0. The topological polar surface area (TPSA) is 50.8 Å². The summed E-state index contributed by atoms with van der Waals surface area (Å²) in [6.45, 7) is 6.66. The van der Waals surface area contributed by atoms with Crippen LogP contribution in [0.2, 0.25) is 0 Å². The van der Waals surface area contributed by atoms with Gasteiger partial charge in [-0.25, -0.2) is 0 Å². The second-order valence-corrected chi connectivity index (χ2v) is 6.77. The Morgan fingerprint density at radius 3 is 2.43 bits per heavy atom. The summed E-state index contributed by atoms with van der Waals surface area (Å²) in [5, 5.41) is 18.2. The lowest BCUT2D eigenvalue weighted by Gasteiger charge is -2.31. The summed E-state index contributed by atoms with van der Waals surface area (Å²) < 4.78 is 0. The highest BCUT2D eigenvalue weighted by molar-refractivity contribution is 5.48. The van der Waals surface area contributed by atoms with Gasteiger partial charge in [0.15, 0.2) is 0 Å². The van der Waals surface area contributed by atoms with Crippen molar-refractivity contribution in [3.63, 3.8) is 0 Å². The number of nitriles is 2. The first-order valence-corrected chi connectivity index (χ1v) is 7.70. The predicted octanol–water partition coefficient (Wildman–Crippen LogP) is 4.08. The second kappa shape index (κ2) is 6.64. The van der Waals surface area contributed by atoms with Gasteiger partial charge in [0.1, 0.15) is 17.7 Å². The SMILES string of the molecule is CC1(C)CC(C=CN2CCCCC2)=CC(=C(C#N)C#N)C1. The summed E-state index contributed by atoms with van der Waals surface area (Å²) in [5.74, 6) is 0. The van der Waals surface area contributed by atoms with Gasteiger partial charge in [-0.2, -0.15) is 10.5 Å². The van der Waals surface area contributed by atoms with Crippen LogP contribution in [0.15, 0.2) is 35.1 Å². The maximum atomic E-state index is 9.08. The number of rotatable bonds is 2. The van der Waals surface area contributed by atoms with Crippen molar-refractivity contribution >= 4 is 0 Å². The highest BCUT2D eigenvalue weighted by atomic mass is 15.1. The molecule has 3 nitrogen and oxygen atoms in total. The Labute approximate surface area is 127 Å². The highest BCUT2D eigenvalue weighted by Gasteiger charge is 2.26. The van der Waals surface area contributed by atoms with Gasteiger partial charge in [0.2, 0.25) is 0 Å². The fourth-order valence-electron chi connectivity index (χ4n) is 3.16. The second-order valence-electron chi connectivity index (χ2n) is 6.77. The van der Waals surface area contributed by atoms with Crippen molar-refractivity contribution < 1.29 is 0 Å². The summed E-state index contributed by atoms with van der Waals surface area (Å²) in [4.78, 5) is 2.37. The van der Waals surface area contributed by atoms with E-state index in [1.165, 1.54) is 24.8 Å². The van der Waals surface area contributed by atoms with Crippen LogP contribution < -0.4 is 0 Å². The van der Waals surface area contributed by atoms with Crippen molar-refractivity contribution in [2.45, 2.75) is 46.0 Å². The van der Waals surface area contributed by atoms with Crippen LogP contribution in [0.25, 0.3) is 0 Å². The lowest BCUT2D eigenvalue weighted by atomic mass is 9.74. The molecule has 0 aromatic carbocycles. The van der Waals surface area contributed by atoms with E-state index in [4.69, 9.17) is 10.5 Å². The predicted molar refractivity (Wildman–Crippen MR) is 83.9 cm³/mol. The molecule has 1 fully saturated rings. The number of allylic oxidation sites excluding steroid dienone is 5. The van der Waals surface area contributed by atoms with Crippen molar-refractivity contribution in [2.75, 3.05) is 13.1 Å². The first-order chi connectivity index (χ1) is 10.0. The van der Waals surface area contributed by atoms with E-state index in [-0.39, 0.29) is 11.0 Å². The van der Waals surface area contributed by atoms with Gasteiger partial charge in [-0.3, -0.25) is 0 Å². The number of hydrogen-bond donors (Lipinski definition) is 0. The van der Waals surface area contributed by atoms with Gasteiger partial charge < -0.3 is 4.90 Å². The molecular formula is C18H23N3. The fraction of sp³-hybridized carbons (Fsp3) is 0.556. The Kier molecular flexibility index (Phi) is 4.86. The summed E-state index contributed by atoms with van der Waals surface area (Å²) in [6.07, 6.45) is 12.0. The van der Waals surface area contributed by atoms with E-state index < -0.39 is 0 Å². The third kappa shape index (κ3) is 4.23. The third-order valence-corrected chi connectivity index (χ3v) is 4.15. The maximum absolute atomic E-state index is 9.08. The first kappa shape index (κ1) is 15.4. The Bertz CT molecular complexity index is 542. The summed E-state index contributed by atoms with van der Waals surface area (Å²) in [5.41, 5.74) is 2.46. The van der Waals surface area contributed by atoms with Gasteiger partial charge in [0, 0.05) is 13.1 Å². The zero-order valence-corrected chi connectivity index (χ0v) is 13.0. The maximum Gasteiger partial charge on any atom is 0.132 e. The number of likely N-dealkylation sites (tertiary alicyclic amines) is 1. The molecule has 0 amide bonds.